The summed E-state index contributed by atoms with van der Waals surface area (Å²) in [6, 6.07) is 0. The van der Waals surface area contributed by atoms with Crippen LogP contribution >= 0.6 is 11.6 Å². The highest BCUT2D eigenvalue weighted by Gasteiger charge is 2.38. The van der Waals surface area contributed by atoms with Crippen LogP contribution in [0.15, 0.2) is 12.4 Å². The molecule has 1 aliphatic heterocycles. The monoisotopic (exact) mass is 247 g/mol. The van der Waals surface area contributed by atoms with Crippen molar-refractivity contribution in [2.24, 2.45) is 0 Å². The van der Waals surface area contributed by atoms with E-state index in [4.69, 9.17) is 16.3 Å². The predicted octanol–water partition coefficient (Wildman–Crippen LogP) is 0.678. The molecule has 0 amide bonds. The van der Waals surface area contributed by atoms with Crippen molar-refractivity contribution in [2.45, 2.75) is 24.9 Å². The van der Waals surface area contributed by atoms with E-state index in [9.17, 15) is 15.2 Å². The van der Waals surface area contributed by atoms with Gasteiger partial charge in [-0.05, 0) is 4.92 Å². The van der Waals surface area contributed by atoms with E-state index in [1.54, 1.807) is 0 Å². The fraction of sp³-hybridized carbons (Fsp3) is 0.625. The Bertz CT molecular complexity index is 396. The van der Waals surface area contributed by atoms with Crippen molar-refractivity contribution in [3.63, 3.8) is 0 Å². The maximum absolute atomic E-state index is 10.7. The molecule has 1 aliphatic rings. The first kappa shape index (κ1) is 11.3. The minimum atomic E-state index is -0.704. The third kappa shape index (κ3) is 1.89. The van der Waals surface area contributed by atoms with Crippen LogP contribution < -0.4 is 0 Å². The van der Waals surface area contributed by atoms with Crippen LogP contribution in [-0.4, -0.2) is 37.7 Å². The zero-order valence-electron chi connectivity index (χ0n) is 8.19. The van der Waals surface area contributed by atoms with Crippen molar-refractivity contribution >= 4 is 17.5 Å². The van der Waals surface area contributed by atoms with Gasteiger partial charge >= 0.3 is 5.95 Å². The lowest BCUT2D eigenvalue weighted by Crippen LogP contribution is -2.22. The second-order valence-corrected chi connectivity index (χ2v) is 3.79. The zero-order valence-corrected chi connectivity index (χ0v) is 8.95. The Kier molecular flexibility index (Phi) is 3.08. The fourth-order valence-corrected chi connectivity index (χ4v) is 1.97. The highest BCUT2D eigenvalue weighted by atomic mass is 35.5. The summed E-state index contributed by atoms with van der Waals surface area (Å²) in [6.07, 6.45) is 1.27. The molecule has 3 atom stereocenters. The number of ether oxygens (including phenoxy) is 1. The number of rotatable bonds is 3. The number of aliphatic hydroxyl groups is 1. The van der Waals surface area contributed by atoms with Crippen LogP contribution in [0, 0.1) is 10.1 Å². The van der Waals surface area contributed by atoms with Gasteiger partial charge in [-0.25, -0.2) is 4.57 Å². The fourth-order valence-electron chi connectivity index (χ4n) is 1.70. The Hall–Kier alpha value is -1.18. The first-order chi connectivity index (χ1) is 7.63. The number of aliphatic hydroxyl groups excluding tert-OH is 1. The molecule has 2 rings (SSSR count). The number of halogens is 1. The molecule has 0 saturated carbocycles. The smallest absolute Gasteiger partial charge is 0.390 e. The Balaban J connectivity index is 2.20. The largest absolute Gasteiger partial charge is 0.436 e. The lowest BCUT2D eigenvalue weighted by atomic mass is 10.2. The highest BCUT2D eigenvalue weighted by Crippen LogP contribution is 2.31. The molecule has 1 fully saturated rings. The number of hydrogen-bond donors (Lipinski definition) is 1. The minimum absolute atomic E-state index is 0.153. The van der Waals surface area contributed by atoms with Gasteiger partial charge in [-0.2, -0.15) is 0 Å². The van der Waals surface area contributed by atoms with E-state index in [-0.39, 0.29) is 18.2 Å². The summed E-state index contributed by atoms with van der Waals surface area (Å²) in [5, 5.41) is 20.2. The molecule has 0 spiro atoms. The van der Waals surface area contributed by atoms with Crippen molar-refractivity contribution < 1.29 is 14.8 Å². The topological polar surface area (TPSA) is 90.4 Å². The van der Waals surface area contributed by atoms with E-state index < -0.39 is 23.4 Å². The summed E-state index contributed by atoms with van der Waals surface area (Å²) in [5.74, 6) is -0.146. The summed E-state index contributed by atoms with van der Waals surface area (Å²) in [6.45, 7) is 0. The van der Waals surface area contributed by atoms with Crippen LogP contribution in [0.2, 0.25) is 0 Å². The molecule has 8 heteroatoms. The average Bonchev–Trinajstić information content (AvgIpc) is 2.82. The molecule has 1 aromatic heterocycles. The summed E-state index contributed by atoms with van der Waals surface area (Å²) in [5.41, 5.74) is 0. The maximum atomic E-state index is 10.7. The Morgan fingerprint density at radius 1 is 1.81 bits per heavy atom. The molecular formula is C8H10ClN3O4. The molecular weight excluding hydrogens is 238 g/mol. The van der Waals surface area contributed by atoms with Gasteiger partial charge in [-0.1, -0.05) is 4.98 Å². The van der Waals surface area contributed by atoms with Gasteiger partial charge in [0.15, 0.2) is 6.23 Å². The Morgan fingerprint density at radius 3 is 3.12 bits per heavy atom. The summed E-state index contributed by atoms with van der Waals surface area (Å²) < 4.78 is 6.68. The lowest BCUT2D eigenvalue weighted by Gasteiger charge is -2.10. The minimum Gasteiger partial charge on any atom is -0.390 e. The van der Waals surface area contributed by atoms with Gasteiger partial charge in [-0.15, -0.1) is 11.6 Å². The number of nitrogens with zero attached hydrogens (tertiary/aromatic N) is 3. The molecule has 0 aliphatic carbocycles. The van der Waals surface area contributed by atoms with Crippen LogP contribution in [0.4, 0.5) is 5.95 Å². The van der Waals surface area contributed by atoms with E-state index in [1.165, 1.54) is 17.0 Å². The third-order valence-corrected chi connectivity index (χ3v) is 2.78. The van der Waals surface area contributed by atoms with Gasteiger partial charge in [0.2, 0.25) is 0 Å². The molecule has 2 heterocycles. The van der Waals surface area contributed by atoms with Crippen molar-refractivity contribution in [2.75, 3.05) is 5.88 Å². The molecule has 88 valence electrons. The number of alkyl halides is 1. The van der Waals surface area contributed by atoms with Crippen molar-refractivity contribution in [1.82, 2.24) is 9.55 Å². The summed E-state index contributed by atoms with van der Waals surface area (Å²) in [4.78, 5) is 13.7. The second kappa shape index (κ2) is 4.36. The second-order valence-electron chi connectivity index (χ2n) is 3.48. The van der Waals surface area contributed by atoms with Crippen molar-refractivity contribution in [3.05, 3.63) is 22.5 Å². The van der Waals surface area contributed by atoms with E-state index in [0.717, 1.165) is 0 Å². The van der Waals surface area contributed by atoms with Gasteiger partial charge in [0.25, 0.3) is 0 Å². The van der Waals surface area contributed by atoms with E-state index in [2.05, 4.69) is 4.98 Å². The number of imidazole rings is 1. The van der Waals surface area contributed by atoms with E-state index in [1.807, 2.05) is 0 Å². The van der Waals surface area contributed by atoms with E-state index in [0.29, 0.717) is 0 Å². The molecule has 1 aromatic rings. The van der Waals surface area contributed by atoms with Crippen LogP contribution in [0.1, 0.15) is 12.6 Å². The quantitative estimate of drug-likeness (QED) is 0.482. The van der Waals surface area contributed by atoms with Gasteiger partial charge < -0.3 is 20.0 Å². The van der Waals surface area contributed by atoms with E-state index >= 15 is 0 Å². The third-order valence-electron chi connectivity index (χ3n) is 2.48. The molecule has 0 radical (unpaired) electrons. The van der Waals surface area contributed by atoms with Crippen molar-refractivity contribution in [1.29, 1.82) is 0 Å². The number of nitro groups is 1. The number of aromatic nitrogens is 2. The predicted molar refractivity (Wildman–Crippen MR) is 54.1 cm³/mol. The first-order valence-corrected chi connectivity index (χ1v) is 5.23. The molecule has 0 aromatic carbocycles. The standard InChI is InChI=1S/C8H10ClN3O4/c9-4-6-5(13)3-7(16-6)11-2-1-10-8(11)12(14)15/h1-2,5-7,13H,3-4H2/t5-,6+,7+/m0/s1. The SMILES string of the molecule is O=[N+]([O-])c1nccn1[C@H]1C[C@H](O)[C@@H](CCl)O1. The summed E-state index contributed by atoms with van der Waals surface area (Å²) in [7, 11) is 0. The molecule has 0 bridgehead atoms. The van der Waals surface area contributed by atoms with Crippen LogP contribution in [-0.2, 0) is 4.74 Å². The van der Waals surface area contributed by atoms with Crippen LogP contribution in [0.3, 0.4) is 0 Å². The van der Waals surface area contributed by atoms with Crippen molar-refractivity contribution in [3.8, 4) is 0 Å². The molecule has 1 N–H and O–H groups in total. The maximum Gasteiger partial charge on any atom is 0.436 e. The van der Waals surface area contributed by atoms with Gasteiger partial charge in [0.05, 0.1) is 12.0 Å². The average molecular weight is 248 g/mol. The van der Waals surface area contributed by atoms with Gasteiger partial charge in [0, 0.05) is 6.42 Å². The lowest BCUT2D eigenvalue weighted by molar-refractivity contribution is -0.398. The summed E-state index contributed by atoms with van der Waals surface area (Å²) >= 11 is 5.59. The first-order valence-electron chi connectivity index (χ1n) is 4.70. The Morgan fingerprint density at radius 2 is 2.56 bits per heavy atom. The van der Waals surface area contributed by atoms with Gasteiger partial charge in [0.1, 0.15) is 18.5 Å². The zero-order chi connectivity index (χ0) is 11.7. The molecule has 0 unspecified atom stereocenters. The van der Waals surface area contributed by atoms with Gasteiger partial charge in [-0.3, -0.25) is 0 Å². The normalized spacial score (nSPS) is 29.5. The molecule has 7 nitrogen and oxygen atoms in total. The number of hydrogen-bond acceptors (Lipinski definition) is 5. The van der Waals surface area contributed by atoms with Crippen LogP contribution in [0.25, 0.3) is 0 Å². The molecule has 16 heavy (non-hydrogen) atoms. The molecule has 1 saturated heterocycles. The highest BCUT2D eigenvalue weighted by molar-refractivity contribution is 6.18. The van der Waals surface area contributed by atoms with Crippen LogP contribution in [0.5, 0.6) is 0 Å². The Labute approximate surface area is 95.8 Å².